The number of rotatable bonds is 8. The molecule has 0 saturated carbocycles. The normalized spacial score (nSPS) is 24.1. The van der Waals surface area contributed by atoms with Crippen molar-refractivity contribution in [2.75, 3.05) is 20.2 Å². The Morgan fingerprint density at radius 3 is 2.79 bits per heavy atom. The van der Waals surface area contributed by atoms with Crippen LogP contribution in [-0.4, -0.2) is 49.3 Å². The van der Waals surface area contributed by atoms with Crippen LogP contribution >= 0.6 is 0 Å². The third kappa shape index (κ3) is 6.02. The number of carbonyl (C=O) groups excluding carboxylic acids is 1. The Balaban J connectivity index is 2.12. The van der Waals surface area contributed by atoms with Crippen molar-refractivity contribution in [3.63, 3.8) is 0 Å². The second kappa shape index (κ2) is 8.12. The van der Waals surface area contributed by atoms with Gasteiger partial charge >= 0.3 is 5.97 Å². The minimum Gasteiger partial charge on any atom is -0.481 e. The van der Waals surface area contributed by atoms with Crippen molar-refractivity contribution in [1.82, 2.24) is 10.6 Å². The van der Waals surface area contributed by atoms with Crippen LogP contribution in [0.1, 0.15) is 32.6 Å². The number of methoxy groups -OCH3 is 1. The Bertz CT molecular complexity index is 309. The maximum absolute atomic E-state index is 11.8. The summed E-state index contributed by atoms with van der Waals surface area (Å²) in [6.07, 6.45) is 2.47. The SMILES string of the molecule is COC1CNC(C(=O)NCCC(C)CCC(=O)O)C1. The zero-order valence-electron chi connectivity index (χ0n) is 11.6. The van der Waals surface area contributed by atoms with Crippen molar-refractivity contribution < 1.29 is 19.4 Å². The van der Waals surface area contributed by atoms with Crippen LogP contribution in [0.3, 0.4) is 0 Å². The summed E-state index contributed by atoms with van der Waals surface area (Å²) in [6.45, 7) is 3.31. The van der Waals surface area contributed by atoms with Gasteiger partial charge in [0.05, 0.1) is 12.1 Å². The molecule has 0 aromatic carbocycles. The van der Waals surface area contributed by atoms with E-state index in [2.05, 4.69) is 10.6 Å². The molecule has 110 valence electrons. The minimum atomic E-state index is -0.767. The second-order valence-corrected chi connectivity index (χ2v) is 5.17. The number of amides is 1. The first-order chi connectivity index (χ1) is 9.02. The van der Waals surface area contributed by atoms with E-state index in [1.54, 1.807) is 7.11 Å². The highest BCUT2D eigenvalue weighted by atomic mass is 16.5. The number of nitrogens with one attached hydrogen (secondary N) is 2. The van der Waals surface area contributed by atoms with Gasteiger partial charge in [-0.1, -0.05) is 6.92 Å². The number of hydrogen-bond acceptors (Lipinski definition) is 4. The highest BCUT2D eigenvalue weighted by Gasteiger charge is 2.28. The fourth-order valence-electron chi connectivity index (χ4n) is 2.16. The van der Waals surface area contributed by atoms with Gasteiger partial charge in [0.25, 0.3) is 0 Å². The van der Waals surface area contributed by atoms with Gasteiger partial charge < -0.3 is 20.5 Å². The number of hydrogen-bond donors (Lipinski definition) is 3. The lowest BCUT2D eigenvalue weighted by molar-refractivity contribution is -0.137. The molecule has 0 aliphatic carbocycles. The topological polar surface area (TPSA) is 87.7 Å². The van der Waals surface area contributed by atoms with E-state index in [0.29, 0.717) is 31.8 Å². The van der Waals surface area contributed by atoms with Gasteiger partial charge in [-0.05, 0) is 25.2 Å². The van der Waals surface area contributed by atoms with Crippen LogP contribution in [0.2, 0.25) is 0 Å². The average Bonchev–Trinajstić information content (AvgIpc) is 2.85. The molecular formula is C13H24N2O4. The number of carboxylic acids is 1. The standard InChI is InChI=1S/C13H24N2O4/c1-9(3-4-12(16)17)5-6-14-13(18)11-7-10(19-2)8-15-11/h9-11,15H,3-8H2,1-2H3,(H,14,18)(H,16,17). The van der Waals surface area contributed by atoms with Crippen LogP contribution in [0.15, 0.2) is 0 Å². The molecular weight excluding hydrogens is 248 g/mol. The number of aliphatic carboxylic acids is 1. The zero-order chi connectivity index (χ0) is 14.3. The van der Waals surface area contributed by atoms with E-state index in [0.717, 1.165) is 6.42 Å². The fourth-order valence-corrected chi connectivity index (χ4v) is 2.16. The lowest BCUT2D eigenvalue weighted by atomic mass is 10.0. The molecule has 1 fully saturated rings. The summed E-state index contributed by atoms with van der Waals surface area (Å²) in [4.78, 5) is 22.3. The van der Waals surface area contributed by atoms with Crippen molar-refractivity contribution in [3.8, 4) is 0 Å². The van der Waals surface area contributed by atoms with Crippen molar-refractivity contribution in [2.45, 2.75) is 44.8 Å². The average molecular weight is 272 g/mol. The maximum Gasteiger partial charge on any atom is 0.303 e. The van der Waals surface area contributed by atoms with Crippen LogP contribution in [0.4, 0.5) is 0 Å². The van der Waals surface area contributed by atoms with E-state index >= 15 is 0 Å². The molecule has 1 amide bonds. The number of carboxylic acid groups (broad SMARTS) is 1. The Morgan fingerprint density at radius 2 is 2.21 bits per heavy atom. The van der Waals surface area contributed by atoms with E-state index in [-0.39, 0.29) is 24.5 Å². The quantitative estimate of drug-likeness (QED) is 0.594. The lowest BCUT2D eigenvalue weighted by Gasteiger charge is -2.13. The summed E-state index contributed by atoms with van der Waals surface area (Å²) < 4.78 is 5.19. The van der Waals surface area contributed by atoms with Crippen LogP contribution in [0, 0.1) is 5.92 Å². The summed E-state index contributed by atoms with van der Waals surface area (Å²) in [7, 11) is 1.65. The fraction of sp³-hybridized carbons (Fsp3) is 0.846. The summed E-state index contributed by atoms with van der Waals surface area (Å²) in [5.41, 5.74) is 0. The molecule has 6 nitrogen and oxygen atoms in total. The first-order valence-electron chi connectivity index (χ1n) is 6.78. The van der Waals surface area contributed by atoms with Crippen molar-refractivity contribution in [2.24, 2.45) is 5.92 Å². The predicted molar refractivity (Wildman–Crippen MR) is 70.9 cm³/mol. The van der Waals surface area contributed by atoms with Crippen LogP contribution in [0.5, 0.6) is 0 Å². The highest BCUT2D eigenvalue weighted by Crippen LogP contribution is 2.11. The van der Waals surface area contributed by atoms with Crippen molar-refractivity contribution >= 4 is 11.9 Å². The largest absolute Gasteiger partial charge is 0.481 e. The third-order valence-corrected chi connectivity index (χ3v) is 3.53. The predicted octanol–water partition coefficient (Wildman–Crippen LogP) is 0.370. The molecule has 0 spiro atoms. The summed E-state index contributed by atoms with van der Waals surface area (Å²) in [6, 6.07) is -0.167. The molecule has 0 aromatic heterocycles. The van der Waals surface area contributed by atoms with Gasteiger partial charge in [-0.25, -0.2) is 0 Å². The molecule has 1 heterocycles. The smallest absolute Gasteiger partial charge is 0.303 e. The van der Waals surface area contributed by atoms with Crippen molar-refractivity contribution in [3.05, 3.63) is 0 Å². The molecule has 0 bridgehead atoms. The molecule has 3 unspecified atom stereocenters. The van der Waals surface area contributed by atoms with Gasteiger partial charge in [0.15, 0.2) is 0 Å². The molecule has 1 saturated heterocycles. The molecule has 3 N–H and O–H groups in total. The van der Waals surface area contributed by atoms with Crippen molar-refractivity contribution in [1.29, 1.82) is 0 Å². The Labute approximate surface area is 113 Å². The van der Waals surface area contributed by atoms with E-state index in [9.17, 15) is 9.59 Å². The lowest BCUT2D eigenvalue weighted by Crippen LogP contribution is -2.41. The Kier molecular flexibility index (Phi) is 6.80. The van der Waals surface area contributed by atoms with Gasteiger partial charge in [-0.2, -0.15) is 0 Å². The van der Waals surface area contributed by atoms with E-state index in [1.807, 2.05) is 6.92 Å². The Hall–Kier alpha value is -1.14. The van der Waals surface area contributed by atoms with Gasteiger partial charge in [-0.3, -0.25) is 9.59 Å². The van der Waals surface area contributed by atoms with Gasteiger partial charge in [0, 0.05) is 26.6 Å². The maximum atomic E-state index is 11.8. The van der Waals surface area contributed by atoms with E-state index in [4.69, 9.17) is 9.84 Å². The van der Waals surface area contributed by atoms with E-state index < -0.39 is 5.97 Å². The molecule has 1 aliphatic rings. The highest BCUT2D eigenvalue weighted by molar-refractivity contribution is 5.82. The monoisotopic (exact) mass is 272 g/mol. The molecule has 3 atom stereocenters. The summed E-state index contributed by atoms with van der Waals surface area (Å²) in [5, 5.41) is 14.6. The van der Waals surface area contributed by atoms with Gasteiger partial charge in [-0.15, -0.1) is 0 Å². The minimum absolute atomic E-state index is 0.00462. The van der Waals surface area contributed by atoms with Crippen LogP contribution < -0.4 is 10.6 Å². The molecule has 0 radical (unpaired) electrons. The van der Waals surface area contributed by atoms with Gasteiger partial charge in [0.1, 0.15) is 0 Å². The summed E-state index contributed by atoms with van der Waals surface area (Å²) in [5.74, 6) is -0.457. The van der Waals surface area contributed by atoms with Crippen LogP contribution in [-0.2, 0) is 14.3 Å². The number of ether oxygens (including phenoxy) is 1. The molecule has 19 heavy (non-hydrogen) atoms. The number of carbonyl (C=O) groups is 2. The molecule has 1 aliphatic heterocycles. The molecule has 6 heteroatoms. The third-order valence-electron chi connectivity index (χ3n) is 3.53. The first-order valence-corrected chi connectivity index (χ1v) is 6.78. The zero-order valence-corrected chi connectivity index (χ0v) is 11.6. The van der Waals surface area contributed by atoms with Gasteiger partial charge in [0.2, 0.25) is 5.91 Å². The molecule has 1 rings (SSSR count). The summed E-state index contributed by atoms with van der Waals surface area (Å²) >= 11 is 0. The molecule has 0 aromatic rings. The first kappa shape index (κ1) is 15.9. The van der Waals surface area contributed by atoms with E-state index in [1.165, 1.54) is 0 Å². The second-order valence-electron chi connectivity index (χ2n) is 5.17. The van der Waals surface area contributed by atoms with Crippen LogP contribution in [0.25, 0.3) is 0 Å². The Morgan fingerprint density at radius 1 is 1.47 bits per heavy atom.